The Kier molecular flexibility index (Phi) is 11.8. The Morgan fingerprint density at radius 1 is 0.500 bits per heavy atom. The highest BCUT2D eigenvalue weighted by atomic mass is 32.2. The standard InChI is InChI=1S/C24H34O2S4/c1-5-9-27-19-13-17(25)14-20(28-10-6-2)23(19)24-21(29-11-7-3)15-18(26)16-22(24)30-12-8-4/h13-16,25-26H,5-12H2,1-4H3. The highest BCUT2D eigenvalue weighted by Crippen LogP contribution is 2.50. The third kappa shape index (κ3) is 7.25. The van der Waals surface area contributed by atoms with E-state index in [0.717, 1.165) is 68.3 Å². The van der Waals surface area contributed by atoms with E-state index in [0.29, 0.717) is 11.5 Å². The molecule has 2 nitrogen and oxygen atoms in total. The Bertz CT molecular complexity index is 682. The van der Waals surface area contributed by atoms with Crippen LogP contribution in [-0.4, -0.2) is 33.2 Å². The Labute approximate surface area is 199 Å². The van der Waals surface area contributed by atoms with Crippen LogP contribution in [0.5, 0.6) is 11.5 Å². The van der Waals surface area contributed by atoms with Crippen LogP contribution in [-0.2, 0) is 0 Å². The summed E-state index contributed by atoms with van der Waals surface area (Å²) in [5.41, 5.74) is 2.45. The van der Waals surface area contributed by atoms with Crippen molar-refractivity contribution in [1.29, 1.82) is 0 Å². The van der Waals surface area contributed by atoms with Gasteiger partial charge in [-0.15, -0.1) is 47.0 Å². The molecule has 0 fully saturated rings. The minimum absolute atomic E-state index is 0.334. The van der Waals surface area contributed by atoms with E-state index in [-0.39, 0.29) is 0 Å². The molecular weight excluding hydrogens is 449 g/mol. The van der Waals surface area contributed by atoms with Gasteiger partial charge in [-0.25, -0.2) is 0 Å². The summed E-state index contributed by atoms with van der Waals surface area (Å²) in [6.07, 6.45) is 4.34. The first-order chi connectivity index (χ1) is 14.5. The summed E-state index contributed by atoms with van der Waals surface area (Å²) in [5, 5.41) is 20.9. The van der Waals surface area contributed by atoms with Crippen molar-refractivity contribution in [1.82, 2.24) is 0 Å². The first-order valence-electron chi connectivity index (χ1n) is 10.8. The summed E-state index contributed by atoms with van der Waals surface area (Å²) in [7, 11) is 0. The molecule has 0 bridgehead atoms. The lowest BCUT2D eigenvalue weighted by Gasteiger charge is -2.21. The molecule has 0 aliphatic carbocycles. The van der Waals surface area contributed by atoms with Crippen LogP contribution in [0.3, 0.4) is 0 Å². The number of hydrogen-bond acceptors (Lipinski definition) is 6. The average Bonchev–Trinajstić information content (AvgIpc) is 2.73. The maximum atomic E-state index is 10.5. The highest BCUT2D eigenvalue weighted by Gasteiger charge is 2.21. The Morgan fingerprint density at radius 2 is 0.733 bits per heavy atom. The molecule has 0 saturated carbocycles. The van der Waals surface area contributed by atoms with E-state index in [1.807, 2.05) is 71.3 Å². The number of thioether (sulfide) groups is 4. The highest BCUT2D eigenvalue weighted by molar-refractivity contribution is 8.01. The lowest BCUT2D eigenvalue weighted by atomic mass is 10.0. The van der Waals surface area contributed by atoms with Crippen molar-refractivity contribution in [2.45, 2.75) is 73.0 Å². The number of benzene rings is 2. The van der Waals surface area contributed by atoms with E-state index in [9.17, 15) is 10.2 Å². The summed E-state index contributed by atoms with van der Waals surface area (Å²) < 4.78 is 0. The van der Waals surface area contributed by atoms with Gasteiger partial charge in [-0.3, -0.25) is 0 Å². The quantitative estimate of drug-likeness (QED) is 0.278. The zero-order chi connectivity index (χ0) is 21.9. The summed E-state index contributed by atoms with van der Waals surface area (Å²) in [5.74, 6) is 4.73. The Balaban J connectivity index is 2.76. The number of phenolic OH excluding ortho intramolecular Hbond substituents is 2. The fraction of sp³-hybridized carbons (Fsp3) is 0.500. The molecule has 0 spiro atoms. The average molecular weight is 483 g/mol. The van der Waals surface area contributed by atoms with Gasteiger partial charge < -0.3 is 10.2 Å². The number of phenols is 2. The molecule has 0 radical (unpaired) electrons. The Hall–Kier alpha value is -0.560. The summed E-state index contributed by atoms with van der Waals surface area (Å²) in [6, 6.07) is 7.67. The molecule has 2 aromatic carbocycles. The van der Waals surface area contributed by atoms with Gasteiger partial charge in [-0.1, -0.05) is 27.7 Å². The third-order valence-corrected chi connectivity index (χ3v) is 9.18. The van der Waals surface area contributed by atoms with Crippen LogP contribution in [0.4, 0.5) is 0 Å². The molecule has 166 valence electrons. The van der Waals surface area contributed by atoms with Crippen LogP contribution in [0.25, 0.3) is 11.1 Å². The molecule has 0 unspecified atom stereocenters. The zero-order valence-electron chi connectivity index (χ0n) is 18.5. The van der Waals surface area contributed by atoms with Gasteiger partial charge in [0.25, 0.3) is 0 Å². The molecule has 0 atom stereocenters. The molecule has 0 amide bonds. The van der Waals surface area contributed by atoms with Crippen molar-refractivity contribution in [2.24, 2.45) is 0 Å². The lowest BCUT2D eigenvalue weighted by molar-refractivity contribution is 0.471. The minimum Gasteiger partial charge on any atom is -0.508 e. The van der Waals surface area contributed by atoms with Crippen LogP contribution in [0.2, 0.25) is 0 Å². The molecule has 0 aliphatic heterocycles. The normalized spacial score (nSPS) is 11.2. The summed E-state index contributed by atoms with van der Waals surface area (Å²) in [4.78, 5) is 4.55. The first kappa shape index (κ1) is 25.7. The van der Waals surface area contributed by atoms with Gasteiger partial charge in [0.05, 0.1) is 0 Å². The van der Waals surface area contributed by atoms with E-state index in [2.05, 4.69) is 27.7 Å². The SMILES string of the molecule is CCCSc1cc(O)cc(SCCC)c1-c1c(SCCC)cc(O)cc1SCCC. The largest absolute Gasteiger partial charge is 0.508 e. The summed E-state index contributed by atoms with van der Waals surface area (Å²) >= 11 is 7.27. The third-order valence-electron chi connectivity index (χ3n) is 4.20. The maximum Gasteiger partial charge on any atom is 0.117 e. The topological polar surface area (TPSA) is 40.5 Å². The predicted octanol–water partition coefficient (Wildman–Crippen LogP) is 8.77. The van der Waals surface area contributed by atoms with Crippen molar-refractivity contribution < 1.29 is 10.2 Å². The molecule has 2 rings (SSSR count). The van der Waals surface area contributed by atoms with Crippen molar-refractivity contribution in [3.05, 3.63) is 24.3 Å². The van der Waals surface area contributed by atoms with Gasteiger partial charge in [0, 0.05) is 30.7 Å². The van der Waals surface area contributed by atoms with Gasteiger partial charge in [0.1, 0.15) is 11.5 Å². The van der Waals surface area contributed by atoms with E-state index < -0.39 is 0 Å². The number of aromatic hydroxyl groups is 2. The van der Waals surface area contributed by atoms with Crippen molar-refractivity contribution >= 4 is 47.0 Å². The maximum absolute atomic E-state index is 10.5. The van der Waals surface area contributed by atoms with E-state index in [4.69, 9.17) is 0 Å². The van der Waals surface area contributed by atoms with E-state index in [1.54, 1.807) is 0 Å². The van der Waals surface area contributed by atoms with Gasteiger partial charge in [-0.2, -0.15) is 0 Å². The molecular formula is C24H34O2S4. The molecule has 0 aliphatic rings. The molecule has 30 heavy (non-hydrogen) atoms. The molecule has 6 heteroatoms. The monoisotopic (exact) mass is 482 g/mol. The molecule has 2 N–H and O–H groups in total. The smallest absolute Gasteiger partial charge is 0.117 e. The Morgan fingerprint density at radius 3 is 0.933 bits per heavy atom. The molecule has 0 saturated heterocycles. The molecule has 0 aromatic heterocycles. The van der Waals surface area contributed by atoms with Crippen LogP contribution in [0.1, 0.15) is 53.4 Å². The van der Waals surface area contributed by atoms with Gasteiger partial charge in [0.2, 0.25) is 0 Å². The van der Waals surface area contributed by atoms with E-state index >= 15 is 0 Å². The first-order valence-corrected chi connectivity index (χ1v) is 14.7. The number of hydrogen-bond donors (Lipinski definition) is 2. The van der Waals surface area contributed by atoms with Crippen LogP contribution >= 0.6 is 47.0 Å². The second-order valence-electron chi connectivity index (χ2n) is 7.03. The van der Waals surface area contributed by atoms with Gasteiger partial charge in [0.15, 0.2) is 0 Å². The molecule has 2 aromatic rings. The van der Waals surface area contributed by atoms with Crippen molar-refractivity contribution in [2.75, 3.05) is 23.0 Å². The van der Waals surface area contributed by atoms with E-state index in [1.165, 1.54) is 11.1 Å². The predicted molar refractivity (Wildman–Crippen MR) is 139 cm³/mol. The second-order valence-corrected chi connectivity index (χ2v) is 11.6. The van der Waals surface area contributed by atoms with Crippen LogP contribution in [0, 0.1) is 0 Å². The molecule has 0 heterocycles. The lowest BCUT2D eigenvalue weighted by Crippen LogP contribution is -1.95. The zero-order valence-corrected chi connectivity index (χ0v) is 21.8. The fourth-order valence-corrected chi connectivity index (χ4v) is 7.02. The van der Waals surface area contributed by atoms with Gasteiger partial charge >= 0.3 is 0 Å². The van der Waals surface area contributed by atoms with Crippen LogP contribution < -0.4 is 0 Å². The van der Waals surface area contributed by atoms with Crippen molar-refractivity contribution in [3.63, 3.8) is 0 Å². The number of rotatable bonds is 13. The van der Waals surface area contributed by atoms with Crippen LogP contribution in [0.15, 0.2) is 43.8 Å². The summed E-state index contributed by atoms with van der Waals surface area (Å²) in [6.45, 7) is 8.75. The van der Waals surface area contributed by atoms with Gasteiger partial charge in [-0.05, 0) is 73.0 Å². The minimum atomic E-state index is 0.334. The second kappa shape index (κ2) is 13.8. The van der Waals surface area contributed by atoms with Crippen molar-refractivity contribution in [3.8, 4) is 22.6 Å². The fourth-order valence-electron chi connectivity index (χ4n) is 2.95.